The Morgan fingerprint density at radius 2 is 1.92 bits per heavy atom. The van der Waals surface area contributed by atoms with Gasteiger partial charge in [-0.1, -0.05) is 19.8 Å². The number of anilines is 1. The highest BCUT2D eigenvalue weighted by Crippen LogP contribution is 2.53. The van der Waals surface area contributed by atoms with E-state index in [0.717, 1.165) is 32.1 Å². The quantitative estimate of drug-likeness (QED) is 0.827. The second-order valence-corrected chi connectivity index (χ2v) is 8.32. The van der Waals surface area contributed by atoms with E-state index in [4.69, 9.17) is 5.73 Å². The number of likely N-dealkylation sites (tertiary alicyclic amines) is 2. The van der Waals surface area contributed by atoms with E-state index < -0.39 is 0 Å². The number of hydrogen-bond donors (Lipinski definition) is 1. The van der Waals surface area contributed by atoms with Crippen LogP contribution in [0.15, 0.2) is 6.07 Å². The molecule has 7 nitrogen and oxygen atoms in total. The van der Waals surface area contributed by atoms with Crippen molar-refractivity contribution in [3.63, 3.8) is 0 Å². The predicted octanol–water partition coefficient (Wildman–Crippen LogP) is 1.76. The summed E-state index contributed by atoms with van der Waals surface area (Å²) in [5, 5.41) is 0. The van der Waals surface area contributed by atoms with Crippen LogP contribution in [0.25, 0.3) is 0 Å². The van der Waals surface area contributed by atoms with Gasteiger partial charge >= 0.3 is 0 Å². The average molecular weight is 357 g/mol. The molecular weight excluding hydrogens is 330 g/mol. The summed E-state index contributed by atoms with van der Waals surface area (Å²) in [6.07, 6.45) is 5.16. The molecule has 2 saturated heterocycles. The van der Waals surface area contributed by atoms with Gasteiger partial charge in [0.05, 0.1) is 6.04 Å². The Bertz CT molecular complexity index is 746. The van der Waals surface area contributed by atoms with Crippen LogP contribution in [0.2, 0.25) is 0 Å². The zero-order valence-electron chi connectivity index (χ0n) is 15.7. The highest BCUT2D eigenvalue weighted by molar-refractivity contribution is 5.93. The smallest absolute Gasteiger partial charge is 0.273 e. The van der Waals surface area contributed by atoms with Gasteiger partial charge in [-0.05, 0) is 32.3 Å². The zero-order valence-corrected chi connectivity index (χ0v) is 15.7. The molecule has 0 spiro atoms. The summed E-state index contributed by atoms with van der Waals surface area (Å²) in [5.41, 5.74) is 6.78. The van der Waals surface area contributed by atoms with Gasteiger partial charge in [-0.25, -0.2) is 9.97 Å². The zero-order chi connectivity index (χ0) is 18.6. The first-order valence-electron chi connectivity index (χ1n) is 9.52. The highest BCUT2D eigenvalue weighted by atomic mass is 16.2. The molecule has 2 bridgehead atoms. The monoisotopic (exact) mass is 357 g/mol. The van der Waals surface area contributed by atoms with E-state index in [9.17, 15) is 9.59 Å². The number of nitrogens with zero attached hydrogens (tertiary/aromatic N) is 4. The number of aromatic nitrogens is 2. The Balaban J connectivity index is 1.75. The fraction of sp³-hybridized carbons (Fsp3) is 0.684. The summed E-state index contributed by atoms with van der Waals surface area (Å²) in [4.78, 5) is 38.0. The predicted molar refractivity (Wildman–Crippen MR) is 97.3 cm³/mol. The van der Waals surface area contributed by atoms with E-state index in [1.165, 1.54) is 0 Å². The van der Waals surface area contributed by atoms with E-state index in [-0.39, 0.29) is 41.3 Å². The molecule has 26 heavy (non-hydrogen) atoms. The Kier molecular flexibility index (Phi) is 3.93. The van der Waals surface area contributed by atoms with Crippen LogP contribution in [-0.2, 0) is 4.79 Å². The molecule has 140 valence electrons. The van der Waals surface area contributed by atoms with Gasteiger partial charge in [0.1, 0.15) is 5.69 Å². The van der Waals surface area contributed by atoms with Gasteiger partial charge in [-0.2, -0.15) is 0 Å². The minimum atomic E-state index is -0.0769. The third-order valence-corrected chi connectivity index (χ3v) is 6.65. The van der Waals surface area contributed by atoms with Crippen molar-refractivity contribution in [3.05, 3.63) is 17.5 Å². The van der Waals surface area contributed by atoms with Gasteiger partial charge in [-0.15, -0.1) is 0 Å². The van der Waals surface area contributed by atoms with Crippen molar-refractivity contribution < 1.29 is 9.59 Å². The Hall–Kier alpha value is -2.18. The largest absolute Gasteiger partial charge is 0.368 e. The number of nitrogen functional groups attached to an aromatic ring is 1. The number of piperidine rings is 1. The molecule has 3 fully saturated rings. The molecule has 2 aliphatic heterocycles. The number of fused-ring (bicyclic) bond motifs is 1. The summed E-state index contributed by atoms with van der Waals surface area (Å²) in [6, 6.07) is 2.12. The molecule has 3 heterocycles. The first kappa shape index (κ1) is 17.2. The lowest BCUT2D eigenvalue weighted by Crippen LogP contribution is -2.55. The van der Waals surface area contributed by atoms with E-state index in [2.05, 4.69) is 16.9 Å². The van der Waals surface area contributed by atoms with Crippen LogP contribution in [0.1, 0.15) is 62.1 Å². The van der Waals surface area contributed by atoms with Crippen molar-refractivity contribution in [3.8, 4) is 0 Å². The lowest BCUT2D eigenvalue weighted by Gasteiger charge is -2.46. The van der Waals surface area contributed by atoms with Crippen molar-refractivity contribution in [2.45, 2.75) is 71.0 Å². The maximum Gasteiger partial charge on any atom is 0.273 e. The number of amides is 2. The molecule has 4 rings (SSSR count). The molecular formula is C19H27N5O2. The Labute approximate surface area is 154 Å². The number of carbonyl (C=O) groups excluding carboxylic acids is 2. The maximum atomic E-state index is 13.4. The second-order valence-electron chi connectivity index (χ2n) is 8.32. The third kappa shape index (κ3) is 2.47. The highest BCUT2D eigenvalue weighted by Gasteiger charge is 2.60. The normalized spacial score (nSPS) is 33.1. The van der Waals surface area contributed by atoms with Crippen molar-refractivity contribution in [2.75, 3.05) is 12.3 Å². The lowest BCUT2D eigenvalue weighted by atomic mass is 9.71. The van der Waals surface area contributed by atoms with Crippen LogP contribution in [0, 0.1) is 12.3 Å². The van der Waals surface area contributed by atoms with E-state index >= 15 is 0 Å². The van der Waals surface area contributed by atoms with Crippen LogP contribution in [0.3, 0.4) is 0 Å². The van der Waals surface area contributed by atoms with Gasteiger partial charge in [-0.3, -0.25) is 9.59 Å². The van der Waals surface area contributed by atoms with Crippen molar-refractivity contribution >= 4 is 17.8 Å². The number of carbonyl (C=O) groups is 2. The molecule has 3 aliphatic rings. The summed E-state index contributed by atoms with van der Waals surface area (Å²) < 4.78 is 0. The number of hydrogen-bond acceptors (Lipinski definition) is 5. The first-order chi connectivity index (χ1) is 12.3. The van der Waals surface area contributed by atoms with Crippen molar-refractivity contribution in [1.82, 2.24) is 19.8 Å². The number of nitrogens with two attached hydrogens (primary N) is 1. The standard InChI is InChI=1S/C19H27N5O2/c1-11-8-14(22-18(20)21-11)17(26)24-13-9-19(3)15(23(10-13)12(2)25)6-4-5-7-16(19)24/h8,13,15-16H,4-7,9-10H2,1-3H3,(H2,20,21,22)/t13-,15+,16-,19+/m0/s1. The van der Waals surface area contributed by atoms with Gasteiger partial charge in [0.15, 0.2) is 0 Å². The van der Waals surface area contributed by atoms with E-state index in [1.54, 1.807) is 13.0 Å². The summed E-state index contributed by atoms with van der Waals surface area (Å²) in [5.74, 6) is 0.167. The Morgan fingerprint density at radius 1 is 1.23 bits per heavy atom. The lowest BCUT2D eigenvalue weighted by molar-refractivity contribution is -0.136. The third-order valence-electron chi connectivity index (χ3n) is 6.65. The van der Waals surface area contributed by atoms with Gasteiger partial charge < -0.3 is 15.5 Å². The molecule has 2 N–H and O–H groups in total. The molecule has 7 heteroatoms. The minimum absolute atomic E-state index is 0.0473. The van der Waals surface area contributed by atoms with Gasteiger partial charge in [0, 0.05) is 36.7 Å². The molecule has 0 unspecified atom stereocenters. The summed E-state index contributed by atoms with van der Waals surface area (Å²) >= 11 is 0. The molecule has 1 saturated carbocycles. The Morgan fingerprint density at radius 3 is 2.58 bits per heavy atom. The van der Waals surface area contributed by atoms with Crippen LogP contribution in [-0.4, -0.2) is 56.3 Å². The van der Waals surface area contributed by atoms with E-state index in [1.807, 2.05) is 16.7 Å². The first-order valence-corrected chi connectivity index (χ1v) is 9.52. The molecule has 1 aromatic rings. The second kappa shape index (κ2) is 5.93. The van der Waals surface area contributed by atoms with Crippen LogP contribution >= 0.6 is 0 Å². The maximum absolute atomic E-state index is 13.4. The molecule has 0 aromatic carbocycles. The molecule has 1 aliphatic carbocycles. The molecule has 2 amide bonds. The van der Waals surface area contributed by atoms with E-state index in [0.29, 0.717) is 17.9 Å². The van der Waals surface area contributed by atoms with Crippen LogP contribution in [0.5, 0.6) is 0 Å². The fourth-order valence-corrected chi connectivity index (χ4v) is 5.65. The fourth-order valence-electron chi connectivity index (χ4n) is 5.65. The summed E-state index contributed by atoms with van der Waals surface area (Å²) in [6.45, 7) is 6.35. The van der Waals surface area contributed by atoms with Crippen molar-refractivity contribution in [2.24, 2.45) is 5.41 Å². The minimum Gasteiger partial charge on any atom is -0.368 e. The molecule has 1 aromatic heterocycles. The van der Waals surface area contributed by atoms with Crippen LogP contribution < -0.4 is 5.73 Å². The van der Waals surface area contributed by atoms with Gasteiger partial charge in [0.25, 0.3) is 5.91 Å². The number of aryl methyl sites for hydroxylation is 1. The molecule has 0 radical (unpaired) electrons. The summed E-state index contributed by atoms with van der Waals surface area (Å²) in [7, 11) is 0. The topological polar surface area (TPSA) is 92.4 Å². The number of rotatable bonds is 1. The average Bonchev–Trinajstić information content (AvgIpc) is 2.68. The van der Waals surface area contributed by atoms with Gasteiger partial charge in [0.2, 0.25) is 11.9 Å². The van der Waals surface area contributed by atoms with Crippen molar-refractivity contribution in [1.29, 1.82) is 0 Å². The SMILES string of the molecule is CC(=O)N1C[C@@H]2C[C@@]3(C)[C@H](CCCC[C@@H]13)N2C(=O)c1cc(C)nc(N)n1. The molecule has 4 atom stereocenters. The van der Waals surface area contributed by atoms with Crippen LogP contribution in [0.4, 0.5) is 5.95 Å².